The van der Waals surface area contributed by atoms with Crippen LogP contribution in [0.2, 0.25) is 0 Å². The third-order valence-corrected chi connectivity index (χ3v) is 6.16. The molecular formula is C29H36N5O4+. The number of ether oxygens (including phenoxy) is 2. The molecule has 0 spiro atoms. The van der Waals surface area contributed by atoms with Gasteiger partial charge in [0.15, 0.2) is 5.69 Å². The van der Waals surface area contributed by atoms with Crippen LogP contribution in [0.4, 0.5) is 5.69 Å². The summed E-state index contributed by atoms with van der Waals surface area (Å²) in [5, 5.41) is 6.35. The number of carbonyl (C=O) groups excluding carboxylic acids is 2. The number of nitrogens with one attached hydrogen (secondary N) is 4. The molecule has 1 amide bonds. The Morgan fingerprint density at radius 3 is 2.42 bits per heavy atom. The predicted octanol–water partition coefficient (Wildman–Crippen LogP) is 4.46. The van der Waals surface area contributed by atoms with E-state index < -0.39 is 11.6 Å². The molecule has 4 rings (SSSR count). The van der Waals surface area contributed by atoms with Crippen molar-refractivity contribution in [3.8, 4) is 5.75 Å². The van der Waals surface area contributed by atoms with E-state index in [1.807, 2.05) is 87.8 Å². The number of amides is 1. The molecule has 0 radical (unpaired) electrons. The highest BCUT2D eigenvalue weighted by atomic mass is 16.6. The van der Waals surface area contributed by atoms with Gasteiger partial charge in [-0.05, 0) is 76.1 Å². The lowest BCUT2D eigenvalue weighted by molar-refractivity contribution is -0.510. The minimum atomic E-state index is -0.664. The van der Waals surface area contributed by atoms with Crippen molar-refractivity contribution < 1.29 is 23.5 Å². The zero-order valence-corrected chi connectivity index (χ0v) is 22.8. The quantitative estimate of drug-likeness (QED) is 0.193. The summed E-state index contributed by atoms with van der Waals surface area (Å²) in [4.78, 5) is 33.2. The van der Waals surface area contributed by atoms with Crippen LogP contribution in [0.3, 0.4) is 0 Å². The van der Waals surface area contributed by atoms with Crippen molar-refractivity contribution in [2.45, 2.75) is 59.7 Å². The zero-order valence-electron chi connectivity index (χ0n) is 22.8. The molecule has 1 aromatic carbocycles. The van der Waals surface area contributed by atoms with E-state index in [-0.39, 0.29) is 5.91 Å². The fourth-order valence-corrected chi connectivity index (χ4v) is 4.37. The number of aromatic nitrogens is 3. The van der Waals surface area contributed by atoms with Gasteiger partial charge < -0.3 is 25.1 Å². The first-order valence-corrected chi connectivity index (χ1v) is 12.7. The van der Waals surface area contributed by atoms with E-state index >= 15 is 0 Å². The predicted molar refractivity (Wildman–Crippen MR) is 146 cm³/mol. The van der Waals surface area contributed by atoms with E-state index in [1.165, 1.54) is 0 Å². The minimum absolute atomic E-state index is 0.264. The van der Waals surface area contributed by atoms with Crippen LogP contribution in [0, 0.1) is 6.92 Å². The first kappa shape index (κ1) is 26.8. The second-order valence-corrected chi connectivity index (χ2v) is 10.2. The maximum absolute atomic E-state index is 13.6. The summed E-state index contributed by atoms with van der Waals surface area (Å²) in [5.74, 6) is 0.00251. The van der Waals surface area contributed by atoms with E-state index in [2.05, 4.69) is 20.6 Å². The Kier molecular flexibility index (Phi) is 7.75. The Labute approximate surface area is 222 Å². The first-order chi connectivity index (χ1) is 18.1. The number of H-pyrrole nitrogens is 2. The highest BCUT2D eigenvalue weighted by Crippen LogP contribution is 2.25. The van der Waals surface area contributed by atoms with Gasteiger partial charge >= 0.3 is 5.97 Å². The maximum Gasteiger partial charge on any atom is 0.355 e. The average Bonchev–Trinajstić information content (AvgIpc) is 3.47. The topological polar surface area (TPSA) is 112 Å². The number of hydrogen-bond donors (Lipinski definition) is 4. The van der Waals surface area contributed by atoms with Gasteiger partial charge in [0.2, 0.25) is 0 Å². The van der Waals surface area contributed by atoms with Gasteiger partial charge in [-0.2, -0.15) is 0 Å². The van der Waals surface area contributed by atoms with Crippen LogP contribution >= 0.6 is 0 Å². The van der Waals surface area contributed by atoms with Gasteiger partial charge in [0.1, 0.15) is 23.2 Å². The number of aromatic amines is 2. The lowest BCUT2D eigenvalue weighted by Gasteiger charge is -2.19. The summed E-state index contributed by atoms with van der Waals surface area (Å²) in [7, 11) is 1.62. The molecule has 0 atom stereocenters. The smallest absolute Gasteiger partial charge is 0.355 e. The van der Waals surface area contributed by atoms with Crippen molar-refractivity contribution in [1.29, 1.82) is 0 Å². The molecule has 200 valence electrons. The fraction of sp³-hybridized carbons (Fsp3) is 0.345. The Bertz CT molecular complexity index is 1440. The van der Waals surface area contributed by atoms with Gasteiger partial charge in [0, 0.05) is 16.9 Å². The molecule has 3 heterocycles. The Balaban J connectivity index is 1.61. The lowest BCUT2D eigenvalue weighted by atomic mass is 10.0. The number of imidazole rings is 1. The van der Waals surface area contributed by atoms with Gasteiger partial charge in [0.25, 0.3) is 11.6 Å². The SMILES string of the molecule is CCc1c(C(=O)OC(C)(C)C)[nH]c(CNc2ccc(OC)cc2)c1C(=O)NCc1c[n+]2cccc(C)c2[nH]1. The summed E-state index contributed by atoms with van der Waals surface area (Å²) >= 11 is 0. The van der Waals surface area contributed by atoms with Crippen molar-refractivity contribution in [3.63, 3.8) is 0 Å². The molecule has 0 saturated carbocycles. The van der Waals surface area contributed by atoms with Crippen LogP contribution in [0.5, 0.6) is 5.75 Å². The van der Waals surface area contributed by atoms with Gasteiger partial charge in [-0.1, -0.05) is 6.92 Å². The monoisotopic (exact) mass is 518 g/mol. The Morgan fingerprint density at radius 1 is 1.05 bits per heavy atom. The van der Waals surface area contributed by atoms with Crippen molar-refractivity contribution in [2.24, 2.45) is 0 Å². The number of fused-ring (bicyclic) bond motifs is 1. The van der Waals surface area contributed by atoms with Crippen LogP contribution in [-0.2, 0) is 24.2 Å². The summed E-state index contributed by atoms with van der Waals surface area (Å²) in [5.41, 5.74) is 5.14. The number of pyridine rings is 1. The normalized spacial score (nSPS) is 11.4. The molecule has 9 heteroatoms. The van der Waals surface area contributed by atoms with Crippen molar-refractivity contribution in [1.82, 2.24) is 15.3 Å². The number of nitrogens with zero attached hydrogens (tertiary/aromatic N) is 1. The molecule has 3 aromatic heterocycles. The molecule has 0 aliphatic heterocycles. The fourth-order valence-electron chi connectivity index (χ4n) is 4.37. The van der Waals surface area contributed by atoms with Gasteiger partial charge in [-0.25, -0.2) is 14.2 Å². The van der Waals surface area contributed by atoms with Crippen LogP contribution in [-0.4, -0.2) is 34.6 Å². The number of benzene rings is 1. The van der Waals surface area contributed by atoms with Crippen molar-refractivity contribution in [3.05, 3.63) is 82.6 Å². The molecule has 38 heavy (non-hydrogen) atoms. The van der Waals surface area contributed by atoms with E-state index in [4.69, 9.17) is 9.47 Å². The van der Waals surface area contributed by atoms with Gasteiger partial charge in [-0.3, -0.25) is 4.79 Å². The number of esters is 1. The lowest BCUT2D eigenvalue weighted by Crippen LogP contribution is -2.26. The third kappa shape index (κ3) is 5.99. The molecule has 0 unspecified atom stereocenters. The van der Waals surface area contributed by atoms with Crippen LogP contribution in [0.25, 0.3) is 5.65 Å². The second kappa shape index (κ2) is 11.0. The van der Waals surface area contributed by atoms with E-state index in [0.29, 0.717) is 42.0 Å². The summed E-state index contributed by atoms with van der Waals surface area (Å²) in [6.07, 6.45) is 4.40. The molecule has 0 aliphatic rings. The molecule has 9 nitrogen and oxygen atoms in total. The minimum Gasteiger partial charge on any atom is -0.497 e. The molecule has 0 saturated heterocycles. The van der Waals surface area contributed by atoms with Crippen molar-refractivity contribution >= 4 is 23.2 Å². The van der Waals surface area contributed by atoms with Gasteiger partial charge in [0.05, 0.1) is 32.0 Å². The Morgan fingerprint density at radius 2 is 1.79 bits per heavy atom. The van der Waals surface area contributed by atoms with Crippen LogP contribution < -0.4 is 19.8 Å². The van der Waals surface area contributed by atoms with Crippen molar-refractivity contribution in [2.75, 3.05) is 12.4 Å². The van der Waals surface area contributed by atoms with Gasteiger partial charge in [-0.15, -0.1) is 0 Å². The van der Waals surface area contributed by atoms with Crippen LogP contribution in [0.15, 0.2) is 48.8 Å². The number of hydrogen-bond acceptors (Lipinski definition) is 5. The number of rotatable bonds is 9. The Hall–Kier alpha value is -4.27. The van der Waals surface area contributed by atoms with Crippen LogP contribution in [0.1, 0.15) is 71.1 Å². The molecule has 0 fully saturated rings. The molecule has 0 bridgehead atoms. The number of carbonyl (C=O) groups is 2. The molecule has 4 N–H and O–H groups in total. The summed E-state index contributed by atoms with van der Waals surface area (Å²) in [6, 6.07) is 11.5. The number of aryl methyl sites for hydroxylation is 1. The number of anilines is 1. The third-order valence-electron chi connectivity index (χ3n) is 6.16. The summed E-state index contributed by atoms with van der Waals surface area (Å²) < 4.78 is 12.9. The zero-order chi connectivity index (χ0) is 27.4. The van der Waals surface area contributed by atoms with E-state index in [9.17, 15) is 9.59 Å². The van der Waals surface area contributed by atoms with E-state index in [0.717, 1.165) is 28.3 Å². The molecular weight excluding hydrogens is 482 g/mol. The highest BCUT2D eigenvalue weighted by molar-refractivity contribution is 6.01. The largest absolute Gasteiger partial charge is 0.497 e. The number of methoxy groups -OCH3 is 1. The summed E-state index contributed by atoms with van der Waals surface area (Å²) in [6.45, 7) is 10.0. The first-order valence-electron chi connectivity index (χ1n) is 12.7. The standard InChI is InChI=1S/C29H35N5O4/c1-7-22-24(27(35)31-15-20-17-34-14-8-9-18(2)26(34)32-20)23(33-25(22)28(36)38-29(3,4)5)16-30-19-10-12-21(37-6)13-11-19/h8-14,17,30H,7,15-16H2,1-6H3,(H2,31,33,35,36)/p+1. The highest BCUT2D eigenvalue weighted by Gasteiger charge is 2.28. The van der Waals surface area contributed by atoms with E-state index in [1.54, 1.807) is 7.11 Å². The molecule has 0 aliphatic carbocycles. The second-order valence-electron chi connectivity index (χ2n) is 10.2. The molecule has 4 aromatic rings. The maximum atomic E-state index is 13.6. The average molecular weight is 519 g/mol.